The molecule has 0 aromatic heterocycles. The number of rotatable bonds is 2. The Bertz CT molecular complexity index is 886. The van der Waals surface area contributed by atoms with Crippen LogP contribution in [0.25, 0.3) is 0 Å². The van der Waals surface area contributed by atoms with Crippen molar-refractivity contribution in [2.24, 2.45) is 22.2 Å². The number of nitrogens with zero attached hydrogens (tertiary/aromatic N) is 2. The first kappa shape index (κ1) is 20.0. The van der Waals surface area contributed by atoms with E-state index in [0.717, 1.165) is 19.3 Å². The Labute approximate surface area is 178 Å². The molecule has 1 aliphatic heterocycles. The lowest BCUT2D eigenvalue weighted by atomic mass is 9.40. The molecule has 1 aromatic carbocycles. The van der Waals surface area contributed by atoms with Crippen molar-refractivity contribution in [1.29, 1.82) is 0 Å². The fraction of sp³-hybridized carbons (Fsp3) is 0.680. The number of halogens is 1. The maximum atomic E-state index is 13.9. The fourth-order valence-corrected chi connectivity index (χ4v) is 8.04. The van der Waals surface area contributed by atoms with E-state index in [1.54, 1.807) is 24.0 Å². The smallest absolute Gasteiger partial charge is 0.254 e. The first-order chi connectivity index (χ1) is 14.1. The van der Waals surface area contributed by atoms with Crippen molar-refractivity contribution in [3.05, 3.63) is 35.1 Å². The quantitative estimate of drug-likeness (QED) is 0.722. The third-order valence-electron chi connectivity index (χ3n) is 8.35. The number of benzene rings is 1. The lowest BCUT2D eigenvalue weighted by molar-refractivity contribution is -0.180. The Balaban J connectivity index is 1.27. The van der Waals surface area contributed by atoms with Crippen molar-refractivity contribution in [2.75, 3.05) is 26.2 Å². The minimum absolute atomic E-state index is 0.143. The lowest BCUT2D eigenvalue weighted by Gasteiger charge is -2.65. The standard InChI is InChI=1S/C25H33FN2O2/c1-17-4-5-19(10-20(17)26)21(29)27-6-8-28(9-7-27)22(30)25-13-18-11-23(2,15-25)14-24(3,12-18)16-25/h4-5,10,18H,6-9,11-16H2,1-3H3. The molecule has 162 valence electrons. The summed E-state index contributed by atoms with van der Waals surface area (Å²) < 4.78 is 13.9. The summed E-state index contributed by atoms with van der Waals surface area (Å²) in [6.07, 6.45) is 6.96. The van der Waals surface area contributed by atoms with Gasteiger partial charge in [0.1, 0.15) is 5.82 Å². The molecule has 5 aliphatic rings. The molecule has 5 heteroatoms. The van der Waals surface area contributed by atoms with Gasteiger partial charge in [-0.1, -0.05) is 19.9 Å². The van der Waals surface area contributed by atoms with Gasteiger partial charge in [0, 0.05) is 31.7 Å². The van der Waals surface area contributed by atoms with Gasteiger partial charge < -0.3 is 9.80 Å². The first-order valence-electron chi connectivity index (χ1n) is 11.5. The summed E-state index contributed by atoms with van der Waals surface area (Å²) in [7, 11) is 0. The van der Waals surface area contributed by atoms with Crippen molar-refractivity contribution in [2.45, 2.75) is 59.3 Å². The van der Waals surface area contributed by atoms with E-state index in [1.807, 2.05) is 4.90 Å². The van der Waals surface area contributed by atoms with Gasteiger partial charge >= 0.3 is 0 Å². The summed E-state index contributed by atoms with van der Waals surface area (Å²) >= 11 is 0. The van der Waals surface area contributed by atoms with Crippen LogP contribution < -0.4 is 0 Å². The number of carbonyl (C=O) groups is 2. The summed E-state index contributed by atoms with van der Waals surface area (Å²) in [6, 6.07) is 4.66. The van der Waals surface area contributed by atoms with Crippen LogP contribution in [0.1, 0.15) is 68.3 Å². The fourth-order valence-electron chi connectivity index (χ4n) is 8.04. The number of hydrogen-bond donors (Lipinski definition) is 0. The highest BCUT2D eigenvalue weighted by atomic mass is 19.1. The molecule has 0 spiro atoms. The van der Waals surface area contributed by atoms with E-state index >= 15 is 0 Å². The number of amides is 2. The van der Waals surface area contributed by atoms with E-state index in [2.05, 4.69) is 13.8 Å². The van der Waals surface area contributed by atoms with E-state index in [-0.39, 0.29) is 17.1 Å². The highest BCUT2D eigenvalue weighted by molar-refractivity contribution is 5.94. The van der Waals surface area contributed by atoms with Crippen LogP contribution in [0.5, 0.6) is 0 Å². The average molecular weight is 413 g/mol. The second-order valence-corrected chi connectivity index (χ2v) is 11.5. The van der Waals surface area contributed by atoms with E-state index < -0.39 is 0 Å². The number of hydrogen-bond acceptors (Lipinski definition) is 2. The largest absolute Gasteiger partial charge is 0.339 e. The first-order valence-corrected chi connectivity index (χ1v) is 11.5. The van der Waals surface area contributed by atoms with Gasteiger partial charge in [-0.2, -0.15) is 0 Å². The highest BCUT2D eigenvalue weighted by Gasteiger charge is 2.63. The minimum atomic E-state index is -0.349. The second-order valence-electron chi connectivity index (χ2n) is 11.5. The lowest BCUT2D eigenvalue weighted by Crippen LogP contribution is -2.62. The summed E-state index contributed by atoms with van der Waals surface area (Å²) in [5, 5.41) is 0. The van der Waals surface area contributed by atoms with Crippen LogP contribution in [-0.2, 0) is 4.79 Å². The highest BCUT2D eigenvalue weighted by Crippen LogP contribution is 2.69. The predicted octanol–water partition coefficient (Wildman–Crippen LogP) is 4.42. The van der Waals surface area contributed by atoms with E-state index in [9.17, 15) is 14.0 Å². The second kappa shape index (κ2) is 6.54. The third kappa shape index (κ3) is 3.16. The van der Waals surface area contributed by atoms with Crippen LogP contribution in [0.3, 0.4) is 0 Å². The molecule has 2 amide bonds. The number of carbonyl (C=O) groups excluding carboxylic acids is 2. The van der Waals surface area contributed by atoms with Crippen molar-refractivity contribution in [3.8, 4) is 0 Å². The molecule has 0 N–H and O–H groups in total. The van der Waals surface area contributed by atoms with Crippen LogP contribution in [0.2, 0.25) is 0 Å². The van der Waals surface area contributed by atoms with Gasteiger partial charge in [-0.25, -0.2) is 4.39 Å². The number of aryl methyl sites for hydroxylation is 1. The Morgan fingerprint density at radius 1 is 0.933 bits per heavy atom. The molecule has 1 heterocycles. The van der Waals surface area contributed by atoms with E-state index in [1.165, 1.54) is 25.3 Å². The Morgan fingerprint density at radius 3 is 2.10 bits per heavy atom. The van der Waals surface area contributed by atoms with Gasteiger partial charge in [-0.05, 0) is 79.9 Å². The van der Waals surface area contributed by atoms with Gasteiger partial charge in [0.15, 0.2) is 0 Å². The van der Waals surface area contributed by atoms with Crippen molar-refractivity contribution >= 4 is 11.8 Å². The summed E-state index contributed by atoms with van der Waals surface area (Å²) in [5.41, 5.74) is 1.38. The topological polar surface area (TPSA) is 40.6 Å². The Hall–Kier alpha value is -1.91. The SMILES string of the molecule is Cc1ccc(C(=O)N2CCN(C(=O)C34CC5CC(C)(CC(C)(C5)C3)C4)CC2)cc1F. The number of piperazine rings is 1. The van der Waals surface area contributed by atoms with Crippen LogP contribution in [0.4, 0.5) is 4.39 Å². The molecule has 5 fully saturated rings. The normalized spacial score (nSPS) is 37.5. The van der Waals surface area contributed by atoms with Crippen LogP contribution in [0, 0.1) is 34.9 Å². The van der Waals surface area contributed by atoms with Crippen molar-refractivity contribution in [3.63, 3.8) is 0 Å². The van der Waals surface area contributed by atoms with Crippen LogP contribution >= 0.6 is 0 Å². The maximum Gasteiger partial charge on any atom is 0.254 e. The van der Waals surface area contributed by atoms with Gasteiger partial charge in [0.25, 0.3) is 5.91 Å². The molecule has 4 aliphatic carbocycles. The van der Waals surface area contributed by atoms with Gasteiger partial charge in [-0.3, -0.25) is 9.59 Å². The minimum Gasteiger partial charge on any atom is -0.339 e. The van der Waals surface area contributed by atoms with E-state index in [0.29, 0.717) is 60.0 Å². The van der Waals surface area contributed by atoms with Gasteiger partial charge in [-0.15, -0.1) is 0 Å². The maximum absolute atomic E-state index is 13.9. The molecule has 4 saturated carbocycles. The summed E-state index contributed by atoms with van der Waals surface area (Å²) in [6.45, 7) is 8.70. The molecule has 0 radical (unpaired) electrons. The van der Waals surface area contributed by atoms with Gasteiger partial charge in [0.2, 0.25) is 5.91 Å². The molecule has 2 unspecified atom stereocenters. The zero-order valence-corrected chi connectivity index (χ0v) is 18.5. The molecule has 4 bridgehead atoms. The summed E-state index contributed by atoms with van der Waals surface area (Å²) in [5.74, 6) is 0.534. The monoisotopic (exact) mass is 412 g/mol. The molecular formula is C25H33FN2O2. The molecule has 1 aromatic rings. The van der Waals surface area contributed by atoms with E-state index in [4.69, 9.17) is 0 Å². The van der Waals surface area contributed by atoms with Crippen LogP contribution in [0.15, 0.2) is 18.2 Å². The summed E-state index contributed by atoms with van der Waals surface area (Å²) in [4.78, 5) is 30.3. The van der Waals surface area contributed by atoms with Crippen molar-refractivity contribution in [1.82, 2.24) is 9.80 Å². The Kier molecular flexibility index (Phi) is 4.37. The zero-order chi connectivity index (χ0) is 21.3. The molecular weight excluding hydrogens is 379 g/mol. The van der Waals surface area contributed by atoms with Crippen molar-refractivity contribution < 1.29 is 14.0 Å². The molecule has 30 heavy (non-hydrogen) atoms. The Morgan fingerprint density at radius 2 is 1.53 bits per heavy atom. The predicted molar refractivity (Wildman–Crippen MR) is 113 cm³/mol. The zero-order valence-electron chi connectivity index (χ0n) is 18.5. The molecule has 2 atom stereocenters. The molecule has 4 nitrogen and oxygen atoms in total. The molecule has 1 saturated heterocycles. The average Bonchev–Trinajstić information content (AvgIpc) is 2.66. The molecule has 6 rings (SSSR count). The third-order valence-corrected chi connectivity index (χ3v) is 8.35. The van der Waals surface area contributed by atoms with Gasteiger partial charge in [0.05, 0.1) is 5.41 Å². The van der Waals surface area contributed by atoms with Crippen LogP contribution in [-0.4, -0.2) is 47.8 Å².